The molecule has 1 aromatic heterocycles. The van der Waals surface area contributed by atoms with Crippen LogP contribution in [0.3, 0.4) is 0 Å². The average molecular weight is 406 g/mol. The number of benzene rings is 1. The van der Waals surface area contributed by atoms with Crippen LogP contribution in [0.4, 0.5) is 5.13 Å². The Bertz CT molecular complexity index is 951. The molecule has 6 nitrogen and oxygen atoms in total. The average Bonchev–Trinajstić information content (AvgIpc) is 3.38. The number of hydrogen-bond acceptors (Lipinski definition) is 5. The Hall–Kier alpha value is -1.77. The summed E-state index contributed by atoms with van der Waals surface area (Å²) in [6.45, 7) is 0. The molecule has 0 aliphatic heterocycles. The monoisotopic (exact) mass is 405 g/mol. The topological polar surface area (TPSA) is 79.4 Å². The first-order valence-electron chi connectivity index (χ1n) is 9.14. The molecule has 0 saturated heterocycles. The van der Waals surface area contributed by atoms with Crippen molar-refractivity contribution >= 4 is 32.4 Å². The van der Waals surface area contributed by atoms with Gasteiger partial charge in [0.15, 0.2) is 5.13 Å². The zero-order chi connectivity index (χ0) is 19.2. The van der Waals surface area contributed by atoms with Crippen molar-refractivity contribution in [1.29, 1.82) is 0 Å². The van der Waals surface area contributed by atoms with E-state index < -0.39 is 10.0 Å². The molecule has 1 amide bonds. The lowest BCUT2D eigenvalue weighted by Gasteiger charge is -2.19. The van der Waals surface area contributed by atoms with Crippen molar-refractivity contribution < 1.29 is 13.2 Å². The number of hydrogen-bond donors (Lipinski definition) is 1. The summed E-state index contributed by atoms with van der Waals surface area (Å²) >= 11 is 1.40. The molecule has 2 aliphatic rings. The largest absolute Gasteiger partial charge is 0.302 e. The summed E-state index contributed by atoms with van der Waals surface area (Å²) in [5.74, 6) is 1.50. The number of sulfonamides is 1. The van der Waals surface area contributed by atoms with Crippen LogP contribution in [-0.2, 0) is 14.8 Å². The first-order chi connectivity index (χ1) is 12.8. The van der Waals surface area contributed by atoms with Crippen LogP contribution >= 0.6 is 11.3 Å². The van der Waals surface area contributed by atoms with Crippen molar-refractivity contribution in [2.75, 3.05) is 19.4 Å². The summed E-state index contributed by atoms with van der Waals surface area (Å²) in [4.78, 5) is 17.3. The highest BCUT2D eigenvalue weighted by atomic mass is 32.2. The van der Waals surface area contributed by atoms with E-state index >= 15 is 0 Å². The lowest BCUT2D eigenvalue weighted by Crippen LogP contribution is -2.27. The van der Waals surface area contributed by atoms with E-state index in [-0.39, 0.29) is 16.7 Å². The molecular weight excluding hydrogens is 382 g/mol. The van der Waals surface area contributed by atoms with Gasteiger partial charge in [-0.25, -0.2) is 17.7 Å². The summed E-state index contributed by atoms with van der Waals surface area (Å²) in [7, 11) is -0.424. The van der Waals surface area contributed by atoms with Gasteiger partial charge in [-0.1, -0.05) is 18.6 Å². The molecule has 1 heterocycles. The fraction of sp³-hybridized carbons (Fsp3) is 0.474. The minimum atomic E-state index is -3.44. The molecule has 2 bridgehead atoms. The van der Waals surface area contributed by atoms with Crippen molar-refractivity contribution in [3.05, 3.63) is 29.6 Å². The predicted octanol–water partition coefficient (Wildman–Crippen LogP) is 3.44. The maximum atomic E-state index is 12.6. The maximum Gasteiger partial charge on any atom is 0.242 e. The Balaban J connectivity index is 1.45. The Kier molecular flexibility index (Phi) is 4.82. The lowest BCUT2D eigenvalue weighted by molar-refractivity contribution is -0.121. The summed E-state index contributed by atoms with van der Waals surface area (Å²) < 4.78 is 25.5. The van der Waals surface area contributed by atoms with Gasteiger partial charge < -0.3 is 5.32 Å². The Morgan fingerprint density at radius 3 is 2.52 bits per heavy atom. The van der Waals surface area contributed by atoms with Crippen LogP contribution in [0.25, 0.3) is 11.3 Å². The van der Waals surface area contributed by atoms with Crippen molar-refractivity contribution in [2.24, 2.45) is 17.8 Å². The van der Waals surface area contributed by atoms with E-state index in [1.807, 2.05) is 5.38 Å². The van der Waals surface area contributed by atoms with E-state index in [2.05, 4.69) is 10.3 Å². The van der Waals surface area contributed by atoms with Crippen LogP contribution in [0.5, 0.6) is 0 Å². The number of carbonyl (C=O) groups excluding carboxylic acids is 1. The second-order valence-electron chi connectivity index (χ2n) is 7.62. The summed E-state index contributed by atoms with van der Waals surface area (Å²) in [6.07, 6.45) is 4.66. The number of rotatable bonds is 5. The number of nitrogens with zero attached hydrogens (tertiary/aromatic N) is 2. The molecule has 1 aromatic carbocycles. The highest BCUT2D eigenvalue weighted by molar-refractivity contribution is 7.89. The van der Waals surface area contributed by atoms with E-state index in [1.165, 1.54) is 49.0 Å². The van der Waals surface area contributed by atoms with Crippen molar-refractivity contribution in [1.82, 2.24) is 9.29 Å². The lowest BCUT2D eigenvalue weighted by atomic mass is 9.88. The fourth-order valence-electron chi connectivity index (χ4n) is 4.24. The standard InChI is InChI=1S/C19H23N3O3S2/c1-22(2)27(24,25)15-7-5-13(6-8-15)17-11-26-19(20-17)21-18(23)16-10-12-3-4-14(16)9-12/h5-8,11-12,14,16H,3-4,9-10H2,1-2H3,(H,20,21,23). The number of amides is 1. The number of fused-ring (bicyclic) bond motifs is 2. The van der Waals surface area contributed by atoms with Gasteiger partial charge in [-0.3, -0.25) is 4.79 Å². The fourth-order valence-corrected chi connectivity index (χ4v) is 5.86. The third-order valence-corrected chi connectivity index (χ3v) is 8.32. The van der Waals surface area contributed by atoms with E-state index in [4.69, 9.17) is 0 Å². The first kappa shape index (κ1) is 18.6. The zero-order valence-corrected chi connectivity index (χ0v) is 17.0. The van der Waals surface area contributed by atoms with Crippen molar-refractivity contribution in [2.45, 2.75) is 30.6 Å². The second-order valence-corrected chi connectivity index (χ2v) is 10.6. The van der Waals surface area contributed by atoms with Crippen LogP contribution in [0.1, 0.15) is 25.7 Å². The molecule has 2 aromatic rings. The van der Waals surface area contributed by atoms with Gasteiger partial charge in [-0.2, -0.15) is 0 Å². The molecule has 3 unspecified atom stereocenters. The van der Waals surface area contributed by atoms with Crippen LogP contribution in [0, 0.1) is 17.8 Å². The maximum absolute atomic E-state index is 12.6. The molecular formula is C19H23N3O3S2. The molecule has 0 spiro atoms. The van der Waals surface area contributed by atoms with Gasteiger partial charge in [-0.05, 0) is 43.2 Å². The van der Waals surface area contributed by atoms with Gasteiger partial charge in [0.1, 0.15) is 0 Å². The van der Waals surface area contributed by atoms with E-state index in [9.17, 15) is 13.2 Å². The Labute approximate surface area is 163 Å². The molecule has 144 valence electrons. The SMILES string of the molecule is CN(C)S(=O)(=O)c1ccc(-c2csc(NC(=O)C3CC4CCC3C4)n2)cc1. The third kappa shape index (κ3) is 3.53. The number of nitrogens with one attached hydrogen (secondary N) is 1. The highest BCUT2D eigenvalue weighted by Crippen LogP contribution is 2.48. The highest BCUT2D eigenvalue weighted by Gasteiger charge is 2.43. The van der Waals surface area contributed by atoms with E-state index in [0.29, 0.717) is 11.0 Å². The molecule has 4 rings (SSSR count). The molecule has 1 N–H and O–H groups in total. The van der Waals surface area contributed by atoms with Gasteiger partial charge >= 0.3 is 0 Å². The van der Waals surface area contributed by atoms with Crippen LogP contribution in [-0.4, -0.2) is 37.7 Å². The van der Waals surface area contributed by atoms with E-state index in [1.54, 1.807) is 24.3 Å². The minimum absolute atomic E-state index is 0.0931. The smallest absolute Gasteiger partial charge is 0.242 e. The number of carbonyl (C=O) groups is 1. The molecule has 2 saturated carbocycles. The predicted molar refractivity (Wildman–Crippen MR) is 106 cm³/mol. The van der Waals surface area contributed by atoms with Gasteiger partial charge in [0, 0.05) is 31.0 Å². The van der Waals surface area contributed by atoms with E-state index in [0.717, 1.165) is 23.6 Å². The molecule has 2 fully saturated rings. The zero-order valence-electron chi connectivity index (χ0n) is 15.4. The van der Waals surface area contributed by atoms with Crippen molar-refractivity contribution in [3.63, 3.8) is 0 Å². The number of thiazole rings is 1. The van der Waals surface area contributed by atoms with Gasteiger partial charge in [0.25, 0.3) is 0 Å². The quantitative estimate of drug-likeness (QED) is 0.826. The second kappa shape index (κ2) is 7.00. The summed E-state index contributed by atoms with van der Waals surface area (Å²) in [6, 6.07) is 6.65. The number of aromatic nitrogens is 1. The van der Waals surface area contributed by atoms with Gasteiger partial charge in [0.2, 0.25) is 15.9 Å². The number of anilines is 1. The van der Waals surface area contributed by atoms with Gasteiger partial charge in [0.05, 0.1) is 10.6 Å². The normalized spacial score (nSPS) is 24.5. The van der Waals surface area contributed by atoms with Crippen molar-refractivity contribution in [3.8, 4) is 11.3 Å². The van der Waals surface area contributed by atoms with Crippen LogP contribution in [0.15, 0.2) is 34.5 Å². The van der Waals surface area contributed by atoms with Gasteiger partial charge in [-0.15, -0.1) is 11.3 Å². The minimum Gasteiger partial charge on any atom is -0.302 e. The van der Waals surface area contributed by atoms with Crippen LogP contribution in [0.2, 0.25) is 0 Å². The third-order valence-electron chi connectivity index (χ3n) is 5.74. The Morgan fingerprint density at radius 2 is 1.93 bits per heavy atom. The first-order valence-corrected chi connectivity index (χ1v) is 11.5. The molecule has 0 radical (unpaired) electrons. The summed E-state index contributed by atoms with van der Waals surface area (Å²) in [5.41, 5.74) is 1.56. The van der Waals surface area contributed by atoms with Crippen LogP contribution < -0.4 is 5.32 Å². The molecule has 3 atom stereocenters. The molecule has 27 heavy (non-hydrogen) atoms. The summed E-state index contributed by atoms with van der Waals surface area (Å²) in [5, 5.41) is 5.46. The molecule has 2 aliphatic carbocycles. The Morgan fingerprint density at radius 1 is 1.19 bits per heavy atom. The molecule has 8 heteroatoms.